The fourth-order valence-corrected chi connectivity index (χ4v) is 1.72. The lowest BCUT2D eigenvalue weighted by molar-refractivity contribution is 0.310. The van der Waals surface area contributed by atoms with Crippen molar-refractivity contribution in [1.82, 2.24) is 5.32 Å². The molecule has 0 heterocycles. The van der Waals surface area contributed by atoms with Crippen molar-refractivity contribution in [1.29, 1.82) is 0 Å². The number of hydrogen-bond donors (Lipinski definition) is 1. The highest BCUT2D eigenvalue weighted by molar-refractivity contribution is 6.31. The summed E-state index contributed by atoms with van der Waals surface area (Å²) in [6.45, 7) is 9.60. The van der Waals surface area contributed by atoms with Crippen LogP contribution in [0.5, 0.6) is 11.5 Å². The van der Waals surface area contributed by atoms with Crippen LogP contribution >= 0.6 is 11.6 Å². The van der Waals surface area contributed by atoms with E-state index in [2.05, 4.69) is 26.1 Å². The summed E-state index contributed by atoms with van der Waals surface area (Å²) in [5, 5.41) is 4.09. The molecule has 0 aromatic heterocycles. The van der Waals surface area contributed by atoms with Crippen molar-refractivity contribution in [2.45, 2.75) is 39.8 Å². The van der Waals surface area contributed by atoms with E-state index < -0.39 is 0 Å². The van der Waals surface area contributed by atoms with Gasteiger partial charge in [0.1, 0.15) is 0 Å². The van der Waals surface area contributed by atoms with Gasteiger partial charge in [-0.15, -0.1) is 0 Å². The topological polar surface area (TPSA) is 30.5 Å². The van der Waals surface area contributed by atoms with E-state index in [4.69, 9.17) is 21.1 Å². The number of methoxy groups -OCH3 is 1. The average molecular weight is 272 g/mol. The summed E-state index contributed by atoms with van der Waals surface area (Å²) in [4.78, 5) is 0. The van der Waals surface area contributed by atoms with Crippen LogP contribution in [0.3, 0.4) is 0 Å². The number of nitrogens with one attached hydrogen (secondary N) is 1. The monoisotopic (exact) mass is 271 g/mol. The van der Waals surface area contributed by atoms with Gasteiger partial charge in [-0.1, -0.05) is 11.6 Å². The molecule has 0 saturated carbocycles. The Balaban J connectivity index is 2.94. The molecule has 3 nitrogen and oxygen atoms in total. The van der Waals surface area contributed by atoms with Crippen molar-refractivity contribution in [3.63, 3.8) is 0 Å². The van der Waals surface area contributed by atoms with Crippen molar-refractivity contribution in [3.8, 4) is 11.5 Å². The van der Waals surface area contributed by atoms with E-state index in [-0.39, 0.29) is 5.54 Å². The Morgan fingerprint density at radius 2 is 1.89 bits per heavy atom. The summed E-state index contributed by atoms with van der Waals surface area (Å²) >= 11 is 6.23. The fourth-order valence-electron chi connectivity index (χ4n) is 1.50. The first-order valence-electron chi connectivity index (χ1n) is 6.11. The molecular weight excluding hydrogens is 250 g/mol. The van der Waals surface area contributed by atoms with Crippen molar-refractivity contribution < 1.29 is 9.47 Å². The number of benzene rings is 1. The van der Waals surface area contributed by atoms with Crippen molar-refractivity contribution in [3.05, 3.63) is 22.7 Å². The highest BCUT2D eigenvalue weighted by atomic mass is 35.5. The molecule has 0 aliphatic carbocycles. The van der Waals surface area contributed by atoms with Crippen LogP contribution in [0.1, 0.15) is 33.3 Å². The molecule has 0 unspecified atom stereocenters. The van der Waals surface area contributed by atoms with Gasteiger partial charge in [-0.25, -0.2) is 0 Å². The van der Waals surface area contributed by atoms with E-state index in [0.717, 1.165) is 11.3 Å². The number of ether oxygens (including phenoxy) is 2. The summed E-state index contributed by atoms with van der Waals surface area (Å²) < 4.78 is 10.8. The molecule has 4 heteroatoms. The zero-order chi connectivity index (χ0) is 13.8. The van der Waals surface area contributed by atoms with Crippen LogP contribution in [0.2, 0.25) is 5.02 Å². The lowest BCUT2D eigenvalue weighted by Gasteiger charge is -2.21. The highest BCUT2D eigenvalue weighted by Gasteiger charge is 2.13. The van der Waals surface area contributed by atoms with E-state index in [9.17, 15) is 0 Å². The van der Waals surface area contributed by atoms with Crippen LogP contribution in [0.25, 0.3) is 0 Å². The largest absolute Gasteiger partial charge is 0.493 e. The van der Waals surface area contributed by atoms with Gasteiger partial charge in [0.15, 0.2) is 11.5 Å². The van der Waals surface area contributed by atoms with Gasteiger partial charge in [-0.05, 0) is 39.3 Å². The van der Waals surface area contributed by atoms with Crippen LogP contribution in [0.4, 0.5) is 0 Å². The zero-order valence-corrected chi connectivity index (χ0v) is 12.5. The van der Waals surface area contributed by atoms with E-state index in [1.165, 1.54) is 0 Å². The predicted molar refractivity (Wildman–Crippen MR) is 75.8 cm³/mol. The Bertz CT molecular complexity index is 400. The summed E-state index contributed by atoms with van der Waals surface area (Å²) in [6, 6.07) is 3.73. The van der Waals surface area contributed by atoms with Crippen LogP contribution < -0.4 is 14.8 Å². The van der Waals surface area contributed by atoms with Gasteiger partial charge in [0.25, 0.3) is 0 Å². The van der Waals surface area contributed by atoms with Crippen LogP contribution in [-0.4, -0.2) is 19.3 Å². The molecular formula is C14H22ClNO2. The SMILES string of the molecule is CCOc1cc(CNC(C)(C)C)c(Cl)cc1OC. The van der Waals surface area contributed by atoms with Crippen LogP contribution in [0.15, 0.2) is 12.1 Å². The third kappa shape index (κ3) is 4.39. The first-order chi connectivity index (χ1) is 8.37. The third-order valence-corrected chi connectivity index (χ3v) is 2.79. The lowest BCUT2D eigenvalue weighted by atomic mass is 10.1. The Morgan fingerprint density at radius 1 is 1.22 bits per heavy atom. The van der Waals surface area contributed by atoms with Gasteiger partial charge < -0.3 is 14.8 Å². The summed E-state index contributed by atoms with van der Waals surface area (Å²) in [5.41, 5.74) is 1.06. The Morgan fingerprint density at radius 3 is 2.39 bits per heavy atom. The standard InChI is InChI=1S/C14H22ClNO2/c1-6-18-13-7-10(9-16-14(2,3)4)11(15)8-12(13)17-5/h7-8,16H,6,9H2,1-5H3. The van der Waals surface area contributed by atoms with Gasteiger partial charge in [0.05, 0.1) is 13.7 Å². The number of rotatable bonds is 5. The maximum absolute atomic E-state index is 6.23. The second-order valence-corrected chi connectivity index (χ2v) is 5.54. The fraction of sp³-hybridized carbons (Fsp3) is 0.571. The molecule has 1 aromatic rings. The minimum absolute atomic E-state index is 0.0506. The van der Waals surface area contributed by atoms with Crippen molar-refractivity contribution >= 4 is 11.6 Å². The second kappa shape index (κ2) is 6.30. The van der Waals surface area contributed by atoms with Gasteiger partial charge >= 0.3 is 0 Å². The lowest BCUT2D eigenvalue weighted by Crippen LogP contribution is -2.35. The zero-order valence-electron chi connectivity index (χ0n) is 11.8. The van der Waals surface area contributed by atoms with Crippen molar-refractivity contribution in [2.75, 3.05) is 13.7 Å². The minimum Gasteiger partial charge on any atom is -0.493 e. The van der Waals surface area contributed by atoms with Crippen LogP contribution in [-0.2, 0) is 6.54 Å². The summed E-state index contributed by atoms with van der Waals surface area (Å²) in [6.07, 6.45) is 0. The molecule has 0 fully saturated rings. The molecule has 1 aromatic carbocycles. The first-order valence-corrected chi connectivity index (χ1v) is 6.49. The molecule has 1 N–H and O–H groups in total. The van der Waals surface area contributed by atoms with E-state index in [1.807, 2.05) is 13.0 Å². The normalized spacial score (nSPS) is 11.4. The molecule has 0 aliphatic heterocycles. The summed E-state index contributed by atoms with van der Waals surface area (Å²) in [7, 11) is 1.61. The van der Waals surface area contributed by atoms with Gasteiger partial charge in [-0.3, -0.25) is 0 Å². The Hall–Kier alpha value is -0.930. The maximum atomic E-state index is 6.23. The van der Waals surface area contributed by atoms with Crippen LogP contribution in [0, 0.1) is 0 Å². The third-order valence-electron chi connectivity index (χ3n) is 2.44. The Labute approximate surface area is 114 Å². The minimum atomic E-state index is 0.0506. The van der Waals surface area contributed by atoms with E-state index in [0.29, 0.717) is 23.9 Å². The molecule has 0 bridgehead atoms. The quantitative estimate of drug-likeness (QED) is 0.887. The molecule has 1 rings (SSSR count). The highest BCUT2D eigenvalue weighted by Crippen LogP contribution is 2.33. The molecule has 0 spiro atoms. The number of halogens is 1. The van der Waals surface area contributed by atoms with E-state index >= 15 is 0 Å². The Kier molecular flexibility index (Phi) is 5.29. The van der Waals surface area contributed by atoms with E-state index in [1.54, 1.807) is 13.2 Å². The first kappa shape index (κ1) is 15.1. The molecule has 0 saturated heterocycles. The molecule has 0 aliphatic rings. The molecule has 0 radical (unpaired) electrons. The van der Waals surface area contributed by atoms with Gasteiger partial charge in [0.2, 0.25) is 0 Å². The number of hydrogen-bond acceptors (Lipinski definition) is 3. The van der Waals surface area contributed by atoms with Crippen molar-refractivity contribution in [2.24, 2.45) is 0 Å². The second-order valence-electron chi connectivity index (χ2n) is 5.13. The van der Waals surface area contributed by atoms with Gasteiger partial charge in [-0.2, -0.15) is 0 Å². The molecule has 102 valence electrons. The molecule has 0 atom stereocenters. The average Bonchev–Trinajstić information content (AvgIpc) is 2.28. The summed E-state index contributed by atoms with van der Waals surface area (Å²) in [5.74, 6) is 1.40. The molecule has 0 amide bonds. The molecule has 18 heavy (non-hydrogen) atoms. The van der Waals surface area contributed by atoms with Gasteiger partial charge in [0, 0.05) is 23.2 Å². The predicted octanol–water partition coefficient (Wildman–Crippen LogP) is 3.64. The smallest absolute Gasteiger partial charge is 0.162 e. The maximum Gasteiger partial charge on any atom is 0.162 e.